The molecule has 0 bridgehead atoms. The lowest BCUT2D eigenvalue weighted by Gasteiger charge is -2.12. The van der Waals surface area contributed by atoms with Crippen LogP contribution in [0, 0.1) is 15.9 Å². The van der Waals surface area contributed by atoms with E-state index in [1.807, 2.05) is 0 Å². The highest BCUT2D eigenvalue weighted by molar-refractivity contribution is 8.18. The van der Waals surface area contributed by atoms with Gasteiger partial charge in [-0.2, -0.15) is 0 Å². The quantitative estimate of drug-likeness (QED) is 0.197. The van der Waals surface area contributed by atoms with Crippen LogP contribution in [0.4, 0.5) is 14.9 Å². The fraction of sp³-hybridized carbons (Fsp3) is 0.190. The molecule has 1 fully saturated rings. The number of benzene rings is 2. The maximum absolute atomic E-state index is 13.1. The van der Waals surface area contributed by atoms with E-state index in [1.54, 1.807) is 6.92 Å². The van der Waals surface area contributed by atoms with Crippen molar-refractivity contribution < 1.29 is 33.2 Å². The standard InChI is InChI=1S/C21H17FN2O7S/c1-3-30-19-16(31-12(2)25)9-6-14(18(19)24(28)29)10-17-20(26)23(21(27)32-17)11-13-4-7-15(22)8-5-13/h4-10H,3,11H2,1-2H3/b17-10-. The van der Waals surface area contributed by atoms with Crippen LogP contribution in [0.15, 0.2) is 41.3 Å². The smallest absolute Gasteiger partial charge is 0.322 e. The first kappa shape index (κ1) is 22.9. The third-order valence-electron chi connectivity index (χ3n) is 4.27. The summed E-state index contributed by atoms with van der Waals surface area (Å²) >= 11 is 0.629. The number of thioether (sulfide) groups is 1. The number of nitro benzene ring substituents is 1. The predicted molar refractivity (Wildman–Crippen MR) is 113 cm³/mol. The largest absolute Gasteiger partial charge is 0.485 e. The van der Waals surface area contributed by atoms with E-state index < -0.39 is 33.5 Å². The summed E-state index contributed by atoms with van der Waals surface area (Å²) in [5.74, 6) is -2.16. The molecule has 2 aromatic rings. The Balaban J connectivity index is 1.98. The monoisotopic (exact) mass is 460 g/mol. The third-order valence-corrected chi connectivity index (χ3v) is 5.17. The summed E-state index contributed by atoms with van der Waals surface area (Å²) in [6, 6.07) is 7.95. The van der Waals surface area contributed by atoms with Crippen LogP contribution >= 0.6 is 11.8 Å². The Labute approximate surface area is 185 Å². The molecular weight excluding hydrogens is 443 g/mol. The molecule has 0 unspecified atom stereocenters. The van der Waals surface area contributed by atoms with Gasteiger partial charge < -0.3 is 9.47 Å². The molecule has 1 saturated heterocycles. The predicted octanol–water partition coefficient (Wildman–Crippen LogP) is 4.29. The second kappa shape index (κ2) is 9.60. The summed E-state index contributed by atoms with van der Waals surface area (Å²) in [7, 11) is 0. The van der Waals surface area contributed by atoms with Gasteiger partial charge in [-0.25, -0.2) is 4.39 Å². The van der Waals surface area contributed by atoms with E-state index in [1.165, 1.54) is 42.5 Å². The van der Waals surface area contributed by atoms with Crippen molar-refractivity contribution in [2.45, 2.75) is 20.4 Å². The van der Waals surface area contributed by atoms with Crippen molar-refractivity contribution in [2.24, 2.45) is 0 Å². The van der Waals surface area contributed by atoms with Crippen molar-refractivity contribution in [1.82, 2.24) is 4.90 Å². The number of amides is 2. The maximum atomic E-state index is 13.1. The molecule has 11 heteroatoms. The zero-order valence-corrected chi connectivity index (χ0v) is 17.8. The molecule has 0 aromatic heterocycles. The van der Waals surface area contributed by atoms with Crippen molar-refractivity contribution in [3.63, 3.8) is 0 Å². The summed E-state index contributed by atoms with van der Waals surface area (Å²) in [5.41, 5.74) is 0.0443. The molecule has 0 atom stereocenters. The van der Waals surface area contributed by atoms with Crippen LogP contribution in [0.3, 0.4) is 0 Å². The number of rotatable bonds is 7. The summed E-state index contributed by atoms with van der Waals surface area (Å²) in [6.07, 6.45) is 1.22. The number of hydrogen-bond donors (Lipinski definition) is 0. The number of nitro groups is 1. The normalized spacial score (nSPS) is 14.7. The van der Waals surface area contributed by atoms with Gasteiger partial charge in [-0.3, -0.25) is 29.4 Å². The molecule has 2 aromatic carbocycles. The van der Waals surface area contributed by atoms with E-state index in [0.717, 1.165) is 11.8 Å². The van der Waals surface area contributed by atoms with Gasteiger partial charge in [-0.15, -0.1) is 0 Å². The second-order valence-electron chi connectivity index (χ2n) is 6.51. The molecule has 0 saturated carbocycles. The highest BCUT2D eigenvalue weighted by Gasteiger charge is 2.36. The van der Waals surface area contributed by atoms with Crippen LogP contribution in [0.5, 0.6) is 11.5 Å². The van der Waals surface area contributed by atoms with Crippen molar-refractivity contribution in [2.75, 3.05) is 6.61 Å². The van der Waals surface area contributed by atoms with Gasteiger partial charge in [-0.05, 0) is 54.6 Å². The Hall–Kier alpha value is -3.73. The highest BCUT2D eigenvalue weighted by Crippen LogP contribution is 2.42. The molecule has 9 nitrogen and oxygen atoms in total. The first-order valence-electron chi connectivity index (χ1n) is 9.33. The minimum atomic E-state index is -0.716. The molecule has 1 aliphatic rings. The number of hydrogen-bond acceptors (Lipinski definition) is 8. The molecule has 1 aliphatic heterocycles. The van der Waals surface area contributed by atoms with Crippen LogP contribution in [0.2, 0.25) is 0 Å². The van der Waals surface area contributed by atoms with E-state index in [9.17, 15) is 28.9 Å². The summed E-state index contributed by atoms with van der Waals surface area (Å²) in [4.78, 5) is 48.4. The number of ether oxygens (including phenoxy) is 2. The lowest BCUT2D eigenvalue weighted by Crippen LogP contribution is -2.27. The van der Waals surface area contributed by atoms with Crippen LogP contribution in [0.25, 0.3) is 6.08 Å². The molecule has 0 aliphatic carbocycles. The lowest BCUT2D eigenvalue weighted by atomic mass is 10.1. The Morgan fingerprint density at radius 3 is 2.50 bits per heavy atom. The second-order valence-corrected chi connectivity index (χ2v) is 7.50. The lowest BCUT2D eigenvalue weighted by molar-refractivity contribution is -0.386. The summed E-state index contributed by atoms with van der Waals surface area (Å²) < 4.78 is 23.4. The number of nitrogens with zero attached hydrogens (tertiary/aromatic N) is 2. The van der Waals surface area contributed by atoms with Gasteiger partial charge in [0, 0.05) is 6.92 Å². The third kappa shape index (κ3) is 4.94. The highest BCUT2D eigenvalue weighted by atomic mass is 32.2. The fourth-order valence-electron chi connectivity index (χ4n) is 2.94. The van der Waals surface area contributed by atoms with Crippen molar-refractivity contribution in [1.29, 1.82) is 0 Å². The molecule has 2 amide bonds. The van der Waals surface area contributed by atoms with E-state index in [-0.39, 0.29) is 35.1 Å². The fourth-order valence-corrected chi connectivity index (χ4v) is 3.77. The van der Waals surface area contributed by atoms with Gasteiger partial charge in [0.15, 0.2) is 5.75 Å². The van der Waals surface area contributed by atoms with Crippen molar-refractivity contribution in [3.05, 3.63) is 68.4 Å². The molecular formula is C21H17FN2O7S. The molecule has 1 heterocycles. The number of imide groups is 1. The van der Waals surface area contributed by atoms with Gasteiger partial charge in [0.05, 0.1) is 28.5 Å². The summed E-state index contributed by atoms with van der Waals surface area (Å²) in [5, 5.41) is 11.2. The SMILES string of the molecule is CCOc1c(OC(C)=O)ccc(/C=C2\SC(=O)N(Cc3ccc(F)cc3)C2=O)c1[N+](=O)[O-]. The van der Waals surface area contributed by atoms with Gasteiger partial charge in [0.2, 0.25) is 5.75 Å². The zero-order chi connectivity index (χ0) is 23.4. The topological polar surface area (TPSA) is 116 Å². The first-order chi connectivity index (χ1) is 15.2. The zero-order valence-electron chi connectivity index (χ0n) is 17.0. The van der Waals surface area contributed by atoms with E-state index in [0.29, 0.717) is 17.3 Å². The van der Waals surface area contributed by atoms with Crippen LogP contribution in [-0.4, -0.2) is 33.5 Å². The maximum Gasteiger partial charge on any atom is 0.322 e. The molecule has 32 heavy (non-hydrogen) atoms. The van der Waals surface area contributed by atoms with Gasteiger partial charge in [0.25, 0.3) is 11.1 Å². The van der Waals surface area contributed by atoms with E-state index in [4.69, 9.17) is 9.47 Å². The van der Waals surface area contributed by atoms with Crippen LogP contribution in [-0.2, 0) is 16.1 Å². The molecule has 0 radical (unpaired) electrons. The number of halogens is 1. The summed E-state index contributed by atoms with van der Waals surface area (Å²) in [6.45, 7) is 2.74. The molecule has 3 rings (SSSR count). The van der Waals surface area contributed by atoms with Crippen LogP contribution < -0.4 is 9.47 Å². The van der Waals surface area contributed by atoms with Crippen molar-refractivity contribution >= 4 is 40.6 Å². The Morgan fingerprint density at radius 1 is 1.22 bits per heavy atom. The average Bonchev–Trinajstić information content (AvgIpc) is 2.98. The van der Waals surface area contributed by atoms with Crippen LogP contribution in [0.1, 0.15) is 25.0 Å². The van der Waals surface area contributed by atoms with E-state index in [2.05, 4.69) is 0 Å². The minimum absolute atomic E-state index is 0.00151. The molecule has 0 N–H and O–H groups in total. The Bertz CT molecular complexity index is 1130. The minimum Gasteiger partial charge on any atom is -0.485 e. The van der Waals surface area contributed by atoms with E-state index >= 15 is 0 Å². The number of carbonyl (C=O) groups is 3. The number of carbonyl (C=O) groups excluding carboxylic acids is 3. The average molecular weight is 460 g/mol. The molecule has 0 spiro atoms. The van der Waals surface area contributed by atoms with Gasteiger partial charge >= 0.3 is 11.7 Å². The Morgan fingerprint density at radius 2 is 1.91 bits per heavy atom. The van der Waals surface area contributed by atoms with Gasteiger partial charge in [0.1, 0.15) is 5.82 Å². The number of esters is 1. The van der Waals surface area contributed by atoms with Crippen molar-refractivity contribution in [3.8, 4) is 11.5 Å². The van der Waals surface area contributed by atoms with Gasteiger partial charge in [-0.1, -0.05) is 12.1 Å². The Kier molecular flexibility index (Phi) is 6.89. The first-order valence-corrected chi connectivity index (χ1v) is 10.1. The molecule has 166 valence electrons.